The maximum Gasteiger partial charge on any atom is 0.230 e. The Bertz CT molecular complexity index is 551. The van der Waals surface area contributed by atoms with Gasteiger partial charge < -0.3 is 11.1 Å². The lowest BCUT2D eigenvalue weighted by molar-refractivity contribution is -0.119. The van der Waals surface area contributed by atoms with Crippen LogP contribution in [0.2, 0.25) is 10.0 Å². The maximum atomic E-state index is 11.8. The minimum Gasteiger partial charge on any atom is -0.369 e. The van der Waals surface area contributed by atoms with Crippen LogP contribution in [0.3, 0.4) is 0 Å². The van der Waals surface area contributed by atoms with Crippen LogP contribution in [0.15, 0.2) is 12.1 Å². The zero-order valence-corrected chi connectivity index (χ0v) is 12.9. The second kappa shape index (κ2) is 6.70. The van der Waals surface area contributed by atoms with E-state index in [1.54, 1.807) is 6.07 Å². The Morgan fingerprint density at radius 3 is 2.80 bits per heavy atom. The molecule has 2 amide bonds. The van der Waals surface area contributed by atoms with Gasteiger partial charge in [0.15, 0.2) is 0 Å². The quantitative estimate of drug-likeness (QED) is 0.869. The smallest absolute Gasteiger partial charge is 0.230 e. The van der Waals surface area contributed by atoms with Crippen molar-refractivity contribution < 1.29 is 9.59 Å². The Morgan fingerprint density at radius 2 is 2.10 bits per heavy atom. The van der Waals surface area contributed by atoms with Crippen molar-refractivity contribution in [2.45, 2.75) is 18.9 Å². The van der Waals surface area contributed by atoms with E-state index in [1.807, 2.05) is 6.07 Å². The fourth-order valence-corrected chi connectivity index (χ4v) is 3.28. The van der Waals surface area contributed by atoms with Crippen molar-refractivity contribution in [2.75, 3.05) is 11.5 Å². The third kappa shape index (κ3) is 3.59. The van der Waals surface area contributed by atoms with Gasteiger partial charge in [-0.25, -0.2) is 0 Å². The van der Waals surface area contributed by atoms with Gasteiger partial charge in [-0.15, -0.1) is 11.8 Å². The van der Waals surface area contributed by atoms with E-state index in [0.29, 0.717) is 10.0 Å². The minimum absolute atomic E-state index is 0.0403. The number of amides is 2. The molecule has 0 bridgehead atoms. The molecule has 0 aromatic heterocycles. The topological polar surface area (TPSA) is 72.2 Å². The number of fused-ring (bicyclic) bond motifs is 1. The van der Waals surface area contributed by atoms with Crippen LogP contribution in [0.4, 0.5) is 0 Å². The molecule has 1 atom stereocenters. The van der Waals surface area contributed by atoms with Crippen molar-refractivity contribution in [3.05, 3.63) is 33.3 Å². The molecule has 0 saturated heterocycles. The molecule has 20 heavy (non-hydrogen) atoms. The highest BCUT2D eigenvalue weighted by molar-refractivity contribution is 8.00. The highest BCUT2D eigenvalue weighted by atomic mass is 35.5. The van der Waals surface area contributed by atoms with Gasteiger partial charge >= 0.3 is 0 Å². The summed E-state index contributed by atoms with van der Waals surface area (Å²) in [6.45, 7) is 0. The SMILES string of the molecule is NC(=O)CSCC(=O)N[C@H]1CCc2c1ccc(Cl)c2Cl. The highest BCUT2D eigenvalue weighted by Crippen LogP contribution is 2.38. The van der Waals surface area contributed by atoms with Crippen molar-refractivity contribution >= 4 is 46.8 Å². The van der Waals surface area contributed by atoms with Crippen molar-refractivity contribution in [2.24, 2.45) is 5.73 Å². The molecule has 0 fully saturated rings. The average molecular weight is 333 g/mol. The molecule has 1 aromatic rings. The van der Waals surface area contributed by atoms with E-state index < -0.39 is 5.91 Å². The summed E-state index contributed by atoms with van der Waals surface area (Å²) in [7, 11) is 0. The molecule has 0 saturated carbocycles. The Balaban J connectivity index is 1.95. The van der Waals surface area contributed by atoms with Crippen molar-refractivity contribution in [1.82, 2.24) is 5.32 Å². The standard InChI is InChI=1S/C13H14Cl2N2O2S/c14-9-3-1-7-8(13(9)15)2-4-10(7)17-12(19)6-20-5-11(16)18/h1,3,10H,2,4-6H2,(H2,16,18)(H,17,19)/t10-/m0/s1. The van der Waals surface area contributed by atoms with Crippen LogP contribution in [0.25, 0.3) is 0 Å². The van der Waals surface area contributed by atoms with Gasteiger partial charge in [-0.1, -0.05) is 29.3 Å². The Hall–Kier alpha value is -0.910. The lowest BCUT2D eigenvalue weighted by Crippen LogP contribution is -2.29. The number of nitrogens with two attached hydrogens (primary N) is 1. The lowest BCUT2D eigenvalue weighted by atomic mass is 10.1. The van der Waals surface area contributed by atoms with Crippen molar-refractivity contribution in [1.29, 1.82) is 0 Å². The first-order chi connectivity index (χ1) is 9.49. The van der Waals surface area contributed by atoms with Gasteiger partial charge in [0.25, 0.3) is 0 Å². The van der Waals surface area contributed by atoms with E-state index in [9.17, 15) is 9.59 Å². The molecule has 0 unspecified atom stereocenters. The van der Waals surface area contributed by atoms with Crippen molar-refractivity contribution in [3.8, 4) is 0 Å². The summed E-state index contributed by atoms with van der Waals surface area (Å²) < 4.78 is 0. The van der Waals surface area contributed by atoms with Gasteiger partial charge in [-0.3, -0.25) is 9.59 Å². The number of halogens is 2. The van der Waals surface area contributed by atoms with Crippen LogP contribution in [0.5, 0.6) is 0 Å². The first-order valence-electron chi connectivity index (χ1n) is 6.11. The molecule has 1 aliphatic rings. The molecule has 4 nitrogen and oxygen atoms in total. The van der Waals surface area contributed by atoms with Crippen LogP contribution >= 0.6 is 35.0 Å². The van der Waals surface area contributed by atoms with E-state index in [1.165, 1.54) is 11.8 Å². The first kappa shape index (κ1) is 15.5. The number of rotatable bonds is 5. The van der Waals surface area contributed by atoms with Gasteiger partial charge in [0.1, 0.15) is 0 Å². The Labute approximate surface area is 131 Å². The molecule has 2 rings (SSSR count). The first-order valence-corrected chi connectivity index (χ1v) is 8.02. The Kier molecular flexibility index (Phi) is 5.18. The molecule has 0 radical (unpaired) electrons. The van der Waals surface area contributed by atoms with Crippen LogP contribution in [0, 0.1) is 0 Å². The van der Waals surface area contributed by atoms with E-state index in [0.717, 1.165) is 24.0 Å². The summed E-state index contributed by atoms with van der Waals surface area (Å²) in [5.41, 5.74) is 7.05. The molecule has 7 heteroatoms. The van der Waals surface area contributed by atoms with Gasteiger partial charge in [0.2, 0.25) is 11.8 Å². The fourth-order valence-electron chi connectivity index (χ4n) is 2.26. The molecule has 0 heterocycles. The average Bonchev–Trinajstić information content (AvgIpc) is 2.77. The van der Waals surface area contributed by atoms with Crippen LogP contribution < -0.4 is 11.1 Å². The van der Waals surface area contributed by atoms with Crippen LogP contribution in [-0.4, -0.2) is 23.3 Å². The molecule has 3 N–H and O–H groups in total. The van der Waals surface area contributed by atoms with E-state index in [-0.39, 0.29) is 23.5 Å². The summed E-state index contributed by atoms with van der Waals surface area (Å²) in [5.74, 6) is -0.165. The summed E-state index contributed by atoms with van der Waals surface area (Å²) >= 11 is 13.3. The molecular formula is C13H14Cl2N2O2S. The zero-order valence-electron chi connectivity index (χ0n) is 10.6. The predicted octanol–water partition coefficient (Wildman–Crippen LogP) is 2.32. The molecule has 0 aliphatic heterocycles. The molecule has 0 spiro atoms. The molecule has 108 valence electrons. The number of nitrogens with one attached hydrogen (secondary N) is 1. The second-order valence-electron chi connectivity index (χ2n) is 4.55. The normalized spacial score (nSPS) is 16.8. The monoisotopic (exact) mass is 332 g/mol. The van der Waals surface area contributed by atoms with Gasteiger partial charge in [0, 0.05) is 0 Å². The molecule has 1 aromatic carbocycles. The number of hydrogen-bond acceptors (Lipinski definition) is 3. The lowest BCUT2D eigenvalue weighted by Gasteiger charge is -2.14. The van der Waals surface area contributed by atoms with Gasteiger partial charge in [0.05, 0.1) is 27.6 Å². The zero-order chi connectivity index (χ0) is 14.7. The number of thioether (sulfide) groups is 1. The number of hydrogen-bond donors (Lipinski definition) is 2. The summed E-state index contributed by atoms with van der Waals surface area (Å²) in [6.07, 6.45) is 1.61. The Morgan fingerprint density at radius 1 is 1.35 bits per heavy atom. The second-order valence-corrected chi connectivity index (χ2v) is 6.32. The van der Waals surface area contributed by atoms with Crippen LogP contribution in [-0.2, 0) is 16.0 Å². The minimum atomic E-state index is -0.421. The van der Waals surface area contributed by atoms with Gasteiger partial charge in [-0.2, -0.15) is 0 Å². The van der Waals surface area contributed by atoms with E-state index in [2.05, 4.69) is 5.32 Å². The van der Waals surface area contributed by atoms with Crippen molar-refractivity contribution in [3.63, 3.8) is 0 Å². The highest BCUT2D eigenvalue weighted by Gasteiger charge is 2.26. The number of carbonyl (C=O) groups is 2. The summed E-state index contributed by atoms with van der Waals surface area (Å²) in [4.78, 5) is 22.4. The summed E-state index contributed by atoms with van der Waals surface area (Å²) in [6, 6.07) is 3.61. The molecular weight excluding hydrogens is 319 g/mol. The number of primary amides is 1. The van der Waals surface area contributed by atoms with E-state index in [4.69, 9.17) is 28.9 Å². The number of benzene rings is 1. The third-order valence-electron chi connectivity index (χ3n) is 3.10. The summed E-state index contributed by atoms with van der Waals surface area (Å²) in [5, 5.41) is 4.05. The largest absolute Gasteiger partial charge is 0.369 e. The van der Waals surface area contributed by atoms with E-state index >= 15 is 0 Å². The third-order valence-corrected chi connectivity index (χ3v) is 4.90. The maximum absolute atomic E-state index is 11.8. The van der Waals surface area contributed by atoms with Gasteiger partial charge in [-0.05, 0) is 30.0 Å². The number of carbonyl (C=O) groups excluding carboxylic acids is 2. The fraction of sp³-hybridized carbons (Fsp3) is 0.385. The predicted molar refractivity (Wildman–Crippen MR) is 82.2 cm³/mol. The molecule has 1 aliphatic carbocycles. The van der Waals surface area contributed by atoms with Crippen LogP contribution in [0.1, 0.15) is 23.6 Å².